The quantitative estimate of drug-likeness (QED) is 0.449. The summed E-state index contributed by atoms with van der Waals surface area (Å²) in [5, 5.41) is 12.5. The molecule has 5 rings (SSSR count). The van der Waals surface area contributed by atoms with Gasteiger partial charge < -0.3 is 19.5 Å². The van der Waals surface area contributed by atoms with Gasteiger partial charge in [0.1, 0.15) is 11.9 Å². The number of carbonyl (C=O) groups is 2. The first-order valence-corrected chi connectivity index (χ1v) is 12.8. The number of benzene rings is 2. The van der Waals surface area contributed by atoms with E-state index in [1.165, 1.54) is 0 Å². The van der Waals surface area contributed by atoms with Gasteiger partial charge in [0.15, 0.2) is 0 Å². The minimum absolute atomic E-state index is 0.104. The highest BCUT2D eigenvalue weighted by Crippen LogP contribution is 2.30. The lowest BCUT2D eigenvalue weighted by Crippen LogP contribution is -2.39. The first-order valence-electron chi connectivity index (χ1n) is 12.4. The number of unbranched alkanes of at least 4 members (excludes halogenated alkanes) is 1. The number of halogens is 1. The van der Waals surface area contributed by atoms with Crippen molar-refractivity contribution in [2.24, 2.45) is 0 Å². The molecule has 3 aromatic rings. The average Bonchev–Trinajstić information content (AvgIpc) is 3.60. The monoisotopic (exact) mass is 505 g/mol. The molecular formula is C27H28ClN5O3. The fourth-order valence-corrected chi connectivity index (χ4v) is 4.84. The van der Waals surface area contributed by atoms with Gasteiger partial charge in [-0.15, -0.1) is 0 Å². The SMILES string of the molecule is N#CCCCn1c(CN2C(=O)C[C@@H](OC(=O)NC3CC3)CCc3ccccc32)nc2cc(Cl)ccc21. The number of ether oxygens (including phenoxy) is 1. The Morgan fingerprint density at radius 2 is 2.06 bits per heavy atom. The third-order valence-corrected chi connectivity index (χ3v) is 6.89. The van der Waals surface area contributed by atoms with Gasteiger partial charge in [-0.25, -0.2) is 9.78 Å². The minimum Gasteiger partial charge on any atom is -0.446 e. The number of aromatic nitrogens is 2. The first kappa shape index (κ1) is 24.1. The van der Waals surface area contributed by atoms with Crippen LogP contribution >= 0.6 is 11.6 Å². The lowest BCUT2D eigenvalue weighted by molar-refractivity contribution is -0.120. The number of carbonyl (C=O) groups excluding carboxylic acids is 2. The molecule has 9 heteroatoms. The summed E-state index contributed by atoms with van der Waals surface area (Å²) >= 11 is 6.22. The number of amides is 2. The molecule has 2 amide bonds. The number of nitriles is 1. The summed E-state index contributed by atoms with van der Waals surface area (Å²) in [6, 6.07) is 15.8. The van der Waals surface area contributed by atoms with Crippen molar-refractivity contribution in [1.82, 2.24) is 14.9 Å². The Labute approximate surface area is 214 Å². The van der Waals surface area contributed by atoms with Crippen LogP contribution in [-0.4, -0.2) is 33.7 Å². The van der Waals surface area contributed by atoms with E-state index in [9.17, 15) is 9.59 Å². The highest BCUT2D eigenvalue weighted by Gasteiger charge is 2.30. The van der Waals surface area contributed by atoms with Crippen molar-refractivity contribution in [2.45, 2.75) is 70.2 Å². The van der Waals surface area contributed by atoms with Gasteiger partial charge >= 0.3 is 6.09 Å². The van der Waals surface area contributed by atoms with E-state index in [-0.39, 0.29) is 24.9 Å². The molecule has 2 heterocycles. The Morgan fingerprint density at radius 3 is 2.86 bits per heavy atom. The predicted octanol–water partition coefficient (Wildman–Crippen LogP) is 5.12. The highest BCUT2D eigenvalue weighted by molar-refractivity contribution is 6.31. The third kappa shape index (κ3) is 5.47. The summed E-state index contributed by atoms with van der Waals surface area (Å²) in [6.45, 7) is 0.869. The summed E-state index contributed by atoms with van der Waals surface area (Å²) < 4.78 is 7.71. The number of anilines is 1. The molecule has 1 aliphatic carbocycles. The summed E-state index contributed by atoms with van der Waals surface area (Å²) in [7, 11) is 0. The molecule has 186 valence electrons. The molecule has 1 atom stereocenters. The summed E-state index contributed by atoms with van der Waals surface area (Å²) in [6.07, 6.45) is 3.48. The summed E-state index contributed by atoms with van der Waals surface area (Å²) in [5.41, 5.74) is 3.53. The van der Waals surface area contributed by atoms with Crippen molar-refractivity contribution in [3.63, 3.8) is 0 Å². The average molecular weight is 506 g/mol. The van der Waals surface area contributed by atoms with Gasteiger partial charge in [-0.2, -0.15) is 5.26 Å². The van der Waals surface area contributed by atoms with Crippen LogP contribution in [0.3, 0.4) is 0 Å². The number of rotatable bonds is 7. The number of imidazole rings is 1. The van der Waals surface area contributed by atoms with Crippen molar-refractivity contribution in [2.75, 3.05) is 4.90 Å². The van der Waals surface area contributed by atoms with E-state index >= 15 is 0 Å². The van der Waals surface area contributed by atoms with Gasteiger partial charge in [0.25, 0.3) is 0 Å². The molecule has 36 heavy (non-hydrogen) atoms. The molecule has 1 aromatic heterocycles. The molecule has 2 aromatic carbocycles. The van der Waals surface area contributed by atoms with Crippen LogP contribution < -0.4 is 10.2 Å². The molecule has 1 saturated carbocycles. The van der Waals surface area contributed by atoms with Gasteiger partial charge in [-0.1, -0.05) is 29.8 Å². The third-order valence-electron chi connectivity index (χ3n) is 6.65. The maximum Gasteiger partial charge on any atom is 0.407 e. The van der Waals surface area contributed by atoms with Crippen LogP contribution in [0.25, 0.3) is 11.0 Å². The van der Waals surface area contributed by atoms with Crippen molar-refractivity contribution >= 4 is 40.3 Å². The second-order valence-electron chi connectivity index (χ2n) is 9.37. The molecule has 8 nitrogen and oxygen atoms in total. The van der Waals surface area contributed by atoms with Crippen LogP contribution in [0.5, 0.6) is 0 Å². The molecule has 0 saturated heterocycles. The van der Waals surface area contributed by atoms with Gasteiger partial charge in [-0.3, -0.25) is 4.79 Å². The molecule has 1 fully saturated rings. The lowest BCUT2D eigenvalue weighted by atomic mass is 9.99. The smallest absolute Gasteiger partial charge is 0.407 e. The van der Waals surface area contributed by atoms with Crippen LogP contribution in [0, 0.1) is 11.3 Å². The zero-order chi connectivity index (χ0) is 25.1. The second kappa shape index (κ2) is 10.6. The molecule has 0 unspecified atom stereocenters. The van der Waals surface area contributed by atoms with Crippen molar-refractivity contribution in [3.8, 4) is 6.07 Å². The molecule has 0 bridgehead atoms. The van der Waals surface area contributed by atoms with E-state index in [0.29, 0.717) is 37.3 Å². The van der Waals surface area contributed by atoms with Crippen molar-refractivity contribution < 1.29 is 14.3 Å². The lowest BCUT2D eigenvalue weighted by Gasteiger charge is -2.30. The van der Waals surface area contributed by atoms with Gasteiger partial charge in [0.05, 0.1) is 30.1 Å². The minimum atomic E-state index is -0.500. The molecule has 2 aliphatic rings. The number of hydrogen-bond donors (Lipinski definition) is 1. The topological polar surface area (TPSA) is 100 Å². The van der Waals surface area contributed by atoms with Crippen LogP contribution in [0.15, 0.2) is 42.5 Å². The normalized spacial score (nSPS) is 17.7. The van der Waals surface area contributed by atoms with E-state index < -0.39 is 12.2 Å². The zero-order valence-corrected chi connectivity index (χ0v) is 20.7. The number of para-hydroxylation sites is 1. The van der Waals surface area contributed by atoms with Gasteiger partial charge in [0, 0.05) is 29.7 Å². The number of fused-ring (bicyclic) bond motifs is 2. The molecule has 0 spiro atoms. The molecular weight excluding hydrogens is 478 g/mol. The molecule has 0 radical (unpaired) electrons. The summed E-state index contributed by atoms with van der Waals surface area (Å²) in [5.74, 6) is 0.595. The highest BCUT2D eigenvalue weighted by atomic mass is 35.5. The maximum absolute atomic E-state index is 13.6. The Kier molecular flexibility index (Phi) is 7.10. The first-order chi connectivity index (χ1) is 17.5. The van der Waals surface area contributed by atoms with Crippen LogP contribution in [-0.2, 0) is 29.0 Å². The number of hydrogen-bond acceptors (Lipinski definition) is 5. The fraction of sp³-hybridized carbons (Fsp3) is 0.407. The number of nitrogens with one attached hydrogen (secondary N) is 1. The largest absolute Gasteiger partial charge is 0.446 e. The Bertz CT molecular complexity index is 1330. The second-order valence-corrected chi connectivity index (χ2v) is 9.81. The Balaban J connectivity index is 1.45. The predicted molar refractivity (Wildman–Crippen MR) is 137 cm³/mol. The van der Waals surface area contributed by atoms with Crippen LogP contribution in [0.1, 0.15) is 49.9 Å². The zero-order valence-electron chi connectivity index (χ0n) is 20.0. The van der Waals surface area contributed by atoms with E-state index in [2.05, 4.69) is 16.0 Å². The molecule has 1 aliphatic heterocycles. The Morgan fingerprint density at radius 1 is 1.22 bits per heavy atom. The summed E-state index contributed by atoms with van der Waals surface area (Å²) in [4.78, 5) is 32.5. The molecule has 1 N–H and O–H groups in total. The fourth-order valence-electron chi connectivity index (χ4n) is 4.68. The standard InChI is InChI=1S/C27H28ClN5O3/c28-19-8-12-24-22(15-19)31-25(32(24)14-4-3-13-29)17-33-23-6-2-1-5-18(23)7-11-21(16-26(33)34)36-27(35)30-20-9-10-20/h1-2,5-6,8,12,15,20-21H,3-4,7,9-11,14,16-17H2,(H,30,35)/t21-/m0/s1. The van der Waals surface area contributed by atoms with Crippen molar-refractivity contribution in [3.05, 3.63) is 58.9 Å². The van der Waals surface area contributed by atoms with E-state index in [4.69, 9.17) is 26.6 Å². The van der Waals surface area contributed by atoms with E-state index in [1.54, 1.807) is 4.90 Å². The van der Waals surface area contributed by atoms with Gasteiger partial charge in [-0.05, 0) is 61.9 Å². The maximum atomic E-state index is 13.6. The van der Waals surface area contributed by atoms with E-state index in [1.807, 2.05) is 42.5 Å². The number of aryl methyl sites for hydroxylation is 2. The van der Waals surface area contributed by atoms with Crippen LogP contribution in [0.2, 0.25) is 5.02 Å². The van der Waals surface area contributed by atoms with Crippen LogP contribution in [0.4, 0.5) is 10.5 Å². The Hall–Kier alpha value is -3.57. The number of nitrogens with zero attached hydrogens (tertiary/aromatic N) is 4. The van der Waals surface area contributed by atoms with E-state index in [0.717, 1.165) is 41.0 Å². The van der Waals surface area contributed by atoms with Gasteiger partial charge in [0.2, 0.25) is 5.91 Å². The number of alkyl carbamates (subject to hydrolysis) is 1. The van der Waals surface area contributed by atoms with Crippen molar-refractivity contribution in [1.29, 1.82) is 5.26 Å².